The van der Waals surface area contributed by atoms with Crippen LogP contribution in [0.2, 0.25) is 0 Å². The number of carbonyl (C=O) groups excluding carboxylic acids is 1. The molecule has 1 saturated carbocycles. The summed E-state index contributed by atoms with van der Waals surface area (Å²) in [4.78, 5) is 13.9. The molecule has 0 bridgehead atoms. The molecular formula is C19H27NO5. The molecule has 25 heavy (non-hydrogen) atoms. The molecule has 6 nitrogen and oxygen atoms in total. The molecule has 0 amide bonds. The highest BCUT2D eigenvalue weighted by Crippen LogP contribution is 2.37. The molecular weight excluding hydrogens is 322 g/mol. The summed E-state index contributed by atoms with van der Waals surface area (Å²) in [6.07, 6.45) is 0.976. The number of esters is 1. The molecule has 0 spiro atoms. The van der Waals surface area contributed by atoms with Gasteiger partial charge in [-0.25, -0.2) is 4.79 Å². The van der Waals surface area contributed by atoms with Gasteiger partial charge in [-0.3, -0.25) is 0 Å². The van der Waals surface area contributed by atoms with Crippen molar-refractivity contribution in [2.75, 3.05) is 40.5 Å². The number of hydrogen-bond acceptors (Lipinski definition) is 6. The van der Waals surface area contributed by atoms with Gasteiger partial charge in [0, 0.05) is 26.7 Å². The monoisotopic (exact) mass is 349 g/mol. The number of nitrogens with zero attached hydrogens (tertiary/aromatic N) is 1. The Balaban J connectivity index is 1.57. The van der Waals surface area contributed by atoms with Gasteiger partial charge in [-0.2, -0.15) is 0 Å². The second-order valence-electron chi connectivity index (χ2n) is 6.98. The van der Waals surface area contributed by atoms with Crippen LogP contribution in [0.25, 0.3) is 0 Å². The van der Waals surface area contributed by atoms with E-state index in [0.717, 1.165) is 39.1 Å². The highest BCUT2D eigenvalue weighted by Gasteiger charge is 2.42. The van der Waals surface area contributed by atoms with Gasteiger partial charge in [-0.1, -0.05) is 0 Å². The number of aliphatic hydroxyl groups excluding tert-OH is 1. The van der Waals surface area contributed by atoms with E-state index in [1.165, 1.54) is 7.11 Å². The first-order valence-electron chi connectivity index (χ1n) is 8.85. The number of benzene rings is 1. The summed E-state index contributed by atoms with van der Waals surface area (Å²) in [6.45, 7) is 3.77. The summed E-state index contributed by atoms with van der Waals surface area (Å²) in [5, 5.41) is 10.5. The Hall–Kier alpha value is -1.63. The fourth-order valence-electron chi connectivity index (χ4n) is 3.98. The lowest BCUT2D eigenvalue weighted by atomic mass is 9.78. The molecule has 1 N–H and O–H groups in total. The molecule has 3 rings (SSSR count). The van der Waals surface area contributed by atoms with Crippen LogP contribution in [0.3, 0.4) is 0 Å². The van der Waals surface area contributed by atoms with Crippen molar-refractivity contribution >= 4 is 5.97 Å². The Morgan fingerprint density at radius 2 is 1.84 bits per heavy atom. The first-order chi connectivity index (χ1) is 12.1. The summed E-state index contributed by atoms with van der Waals surface area (Å²) >= 11 is 0. The topological polar surface area (TPSA) is 68.2 Å². The minimum absolute atomic E-state index is 0.201. The Kier molecular flexibility index (Phi) is 5.93. The number of carbonyl (C=O) groups is 1. The molecule has 1 aromatic rings. The molecule has 2 fully saturated rings. The fourth-order valence-corrected chi connectivity index (χ4v) is 3.98. The van der Waals surface area contributed by atoms with Gasteiger partial charge in [-0.05, 0) is 48.9 Å². The summed E-state index contributed by atoms with van der Waals surface area (Å²) in [5.41, 5.74) is 0.490. The summed E-state index contributed by atoms with van der Waals surface area (Å²) in [5.74, 6) is 1.39. The third kappa shape index (κ3) is 4.32. The van der Waals surface area contributed by atoms with Gasteiger partial charge in [0.1, 0.15) is 11.9 Å². The Morgan fingerprint density at radius 3 is 2.48 bits per heavy atom. The summed E-state index contributed by atoms with van der Waals surface area (Å²) in [7, 11) is 3.08. The number of hydrogen-bond donors (Lipinski definition) is 1. The first-order valence-corrected chi connectivity index (χ1v) is 8.85. The zero-order valence-electron chi connectivity index (χ0n) is 14.9. The van der Waals surface area contributed by atoms with Gasteiger partial charge >= 0.3 is 5.97 Å². The average Bonchev–Trinajstić information content (AvgIpc) is 3.01. The van der Waals surface area contributed by atoms with E-state index in [4.69, 9.17) is 14.2 Å². The van der Waals surface area contributed by atoms with E-state index in [1.807, 2.05) is 0 Å². The molecule has 4 atom stereocenters. The summed E-state index contributed by atoms with van der Waals surface area (Å²) < 4.78 is 15.9. The van der Waals surface area contributed by atoms with E-state index in [-0.39, 0.29) is 12.1 Å². The summed E-state index contributed by atoms with van der Waals surface area (Å²) in [6, 6.07) is 6.87. The van der Waals surface area contributed by atoms with Crippen molar-refractivity contribution in [1.82, 2.24) is 4.90 Å². The maximum absolute atomic E-state index is 11.5. The average molecular weight is 349 g/mol. The van der Waals surface area contributed by atoms with Crippen molar-refractivity contribution < 1.29 is 24.1 Å². The molecule has 0 aromatic heterocycles. The lowest BCUT2D eigenvalue weighted by Gasteiger charge is -2.35. The highest BCUT2D eigenvalue weighted by molar-refractivity contribution is 5.89. The van der Waals surface area contributed by atoms with Gasteiger partial charge in [-0.15, -0.1) is 0 Å². The van der Waals surface area contributed by atoms with Crippen molar-refractivity contribution in [3.05, 3.63) is 29.8 Å². The zero-order chi connectivity index (χ0) is 17.8. The number of methoxy groups -OCH3 is 2. The Morgan fingerprint density at radius 1 is 1.16 bits per heavy atom. The van der Waals surface area contributed by atoms with Gasteiger partial charge in [0.05, 0.1) is 25.4 Å². The SMILES string of the molecule is COCCN1C[C@H]2C[C@H](Oc3ccc(C(=O)OC)cc3)[C@@H](O)C[C@H]2C1. The van der Waals surface area contributed by atoms with Crippen molar-refractivity contribution in [2.45, 2.75) is 25.0 Å². The lowest BCUT2D eigenvalue weighted by Crippen LogP contribution is -2.42. The molecule has 0 unspecified atom stereocenters. The van der Waals surface area contributed by atoms with E-state index < -0.39 is 6.10 Å². The van der Waals surface area contributed by atoms with Crippen LogP contribution in [-0.2, 0) is 9.47 Å². The molecule has 0 radical (unpaired) electrons. The molecule has 1 heterocycles. The molecule has 1 aliphatic heterocycles. The third-order valence-electron chi connectivity index (χ3n) is 5.34. The predicted octanol–water partition coefficient (Wildman–Crippen LogP) is 1.57. The van der Waals surface area contributed by atoms with Crippen LogP contribution in [0, 0.1) is 11.8 Å². The Bertz CT molecular complexity index is 576. The highest BCUT2D eigenvalue weighted by atomic mass is 16.5. The normalized spacial score (nSPS) is 29.2. The second-order valence-corrected chi connectivity index (χ2v) is 6.98. The van der Waals surface area contributed by atoms with Crippen molar-refractivity contribution in [2.24, 2.45) is 11.8 Å². The van der Waals surface area contributed by atoms with Crippen LogP contribution < -0.4 is 4.74 Å². The zero-order valence-corrected chi connectivity index (χ0v) is 14.9. The van der Waals surface area contributed by atoms with Gasteiger partial charge in [0.25, 0.3) is 0 Å². The van der Waals surface area contributed by atoms with E-state index in [2.05, 4.69) is 4.90 Å². The molecule has 1 aliphatic carbocycles. The number of aliphatic hydroxyl groups is 1. The third-order valence-corrected chi connectivity index (χ3v) is 5.34. The van der Waals surface area contributed by atoms with Crippen LogP contribution in [0.15, 0.2) is 24.3 Å². The van der Waals surface area contributed by atoms with Crippen molar-refractivity contribution in [1.29, 1.82) is 0 Å². The molecule has 1 aromatic carbocycles. The van der Waals surface area contributed by atoms with E-state index >= 15 is 0 Å². The first kappa shape index (κ1) is 18.2. The maximum Gasteiger partial charge on any atom is 0.337 e. The largest absolute Gasteiger partial charge is 0.488 e. The smallest absolute Gasteiger partial charge is 0.337 e. The van der Waals surface area contributed by atoms with Crippen LogP contribution >= 0.6 is 0 Å². The van der Waals surface area contributed by atoms with Crippen LogP contribution in [-0.4, -0.2) is 68.6 Å². The maximum atomic E-state index is 11.5. The van der Waals surface area contributed by atoms with Crippen LogP contribution in [0.5, 0.6) is 5.75 Å². The van der Waals surface area contributed by atoms with E-state index in [0.29, 0.717) is 23.1 Å². The molecule has 6 heteroatoms. The number of ether oxygens (including phenoxy) is 3. The molecule has 2 aliphatic rings. The van der Waals surface area contributed by atoms with Gasteiger partial charge in [0.15, 0.2) is 0 Å². The van der Waals surface area contributed by atoms with Gasteiger partial charge < -0.3 is 24.2 Å². The van der Waals surface area contributed by atoms with Crippen molar-refractivity contribution in [3.63, 3.8) is 0 Å². The quantitative estimate of drug-likeness (QED) is 0.787. The standard InChI is InChI=1S/C19H27NO5/c1-23-8-7-20-11-14-9-17(21)18(10-15(14)12-20)25-16-5-3-13(4-6-16)19(22)24-2/h3-6,14-15,17-18,21H,7-12H2,1-2H3/t14-,15+,17-,18-/m0/s1. The van der Waals surface area contributed by atoms with Crippen LogP contribution in [0.4, 0.5) is 0 Å². The number of likely N-dealkylation sites (tertiary alicyclic amines) is 1. The fraction of sp³-hybridized carbons (Fsp3) is 0.632. The lowest BCUT2D eigenvalue weighted by molar-refractivity contribution is -0.0231. The van der Waals surface area contributed by atoms with Crippen molar-refractivity contribution in [3.8, 4) is 5.75 Å². The van der Waals surface area contributed by atoms with E-state index in [1.54, 1.807) is 31.4 Å². The molecule has 1 saturated heterocycles. The minimum atomic E-state index is -0.455. The Labute approximate surface area is 148 Å². The van der Waals surface area contributed by atoms with Crippen LogP contribution in [0.1, 0.15) is 23.2 Å². The number of rotatable bonds is 6. The minimum Gasteiger partial charge on any atom is -0.488 e. The predicted molar refractivity (Wildman–Crippen MR) is 92.7 cm³/mol. The van der Waals surface area contributed by atoms with E-state index in [9.17, 15) is 9.90 Å². The van der Waals surface area contributed by atoms with Gasteiger partial charge in [0.2, 0.25) is 0 Å². The second kappa shape index (κ2) is 8.17. The number of fused-ring (bicyclic) bond motifs is 1. The molecule has 138 valence electrons.